The number of hydrogen-bond acceptors (Lipinski definition) is 3. The fourth-order valence-corrected chi connectivity index (χ4v) is 4.22. The molecular formula is C14H24N2O4S. The van der Waals surface area contributed by atoms with Gasteiger partial charge in [0, 0.05) is 35.4 Å². The summed E-state index contributed by atoms with van der Waals surface area (Å²) in [6.45, 7) is 2.40. The molecule has 21 heavy (non-hydrogen) atoms. The summed E-state index contributed by atoms with van der Waals surface area (Å²) in [5.74, 6) is 0.0681. The highest BCUT2D eigenvalue weighted by Crippen LogP contribution is 2.42. The summed E-state index contributed by atoms with van der Waals surface area (Å²) < 4.78 is 11.1. The first-order valence-electron chi connectivity index (χ1n) is 7.50. The number of carboxylic acid groups (broad SMARTS) is 1. The first-order valence-corrected chi connectivity index (χ1v) is 9.23. The molecule has 2 rings (SSSR count). The Balaban J connectivity index is 1.95. The summed E-state index contributed by atoms with van der Waals surface area (Å²) in [6.07, 6.45) is 5.25. The maximum Gasteiger partial charge on any atom is 0.326 e. The molecular weight excluding hydrogens is 292 g/mol. The number of fused-ring (bicyclic) bond motifs is 1. The monoisotopic (exact) mass is 316 g/mol. The number of nitrogens with one attached hydrogen (secondary N) is 1. The molecule has 6 nitrogen and oxygen atoms in total. The van der Waals surface area contributed by atoms with E-state index >= 15 is 0 Å². The zero-order chi connectivity index (χ0) is 15.6. The topological polar surface area (TPSA) is 86.7 Å². The van der Waals surface area contributed by atoms with Crippen LogP contribution in [0.15, 0.2) is 0 Å². The summed E-state index contributed by atoms with van der Waals surface area (Å²) >= 11 is 0. The largest absolute Gasteiger partial charge is 0.480 e. The van der Waals surface area contributed by atoms with Crippen molar-refractivity contribution < 1.29 is 18.9 Å². The number of urea groups is 1. The second kappa shape index (κ2) is 6.77. The lowest BCUT2D eigenvalue weighted by molar-refractivity contribution is -0.142. The van der Waals surface area contributed by atoms with Gasteiger partial charge in [0.15, 0.2) is 0 Å². The van der Waals surface area contributed by atoms with Gasteiger partial charge in [-0.2, -0.15) is 0 Å². The normalized spacial score (nSPS) is 30.8. The molecule has 5 atom stereocenters. The molecule has 5 unspecified atom stereocenters. The van der Waals surface area contributed by atoms with Gasteiger partial charge in [-0.3, -0.25) is 4.21 Å². The Hall–Kier alpha value is -1.11. The number of likely N-dealkylation sites (tertiary alicyclic amines) is 1. The number of nitrogens with zero attached hydrogens (tertiary/aromatic N) is 1. The smallest absolute Gasteiger partial charge is 0.326 e. The lowest BCUT2D eigenvalue weighted by Gasteiger charge is -2.26. The average molecular weight is 316 g/mol. The molecule has 0 aromatic heterocycles. The molecule has 0 bridgehead atoms. The minimum atomic E-state index is -0.901. The first kappa shape index (κ1) is 16.3. The SMILES string of the molecule is CC(CCS(C)=O)NC(=O)N1CC2CCCC2C1C(=O)O. The Bertz CT molecular complexity index is 443. The highest BCUT2D eigenvalue weighted by molar-refractivity contribution is 7.84. The van der Waals surface area contributed by atoms with Crippen LogP contribution in [0.5, 0.6) is 0 Å². The molecule has 1 aliphatic carbocycles. The van der Waals surface area contributed by atoms with Crippen LogP contribution in [0.3, 0.4) is 0 Å². The van der Waals surface area contributed by atoms with Crippen molar-refractivity contribution in [3.63, 3.8) is 0 Å². The van der Waals surface area contributed by atoms with Gasteiger partial charge in [-0.15, -0.1) is 0 Å². The van der Waals surface area contributed by atoms with Crippen LogP contribution in [-0.2, 0) is 15.6 Å². The Kier molecular flexibility index (Phi) is 5.24. The van der Waals surface area contributed by atoms with E-state index in [0.29, 0.717) is 24.6 Å². The molecule has 1 saturated carbocycles. The average Bonchev–Trinajstić information content (AvgIpc) is 2.95. The third kappa shape index (κ3) is 3.75. The zero-order valence-electron chi connectivity index (χ0n) is 12.6. The second-order valence-electron chi connectivity index (χ2n) is 6.21. The van der Waals surface area contributed by atoms with Crippen molar-refractivity contribution in [2.75, 3.05) is 18.6 Å². The minimum absolute atomic E-state index is 0.101. The predicted molar refractivity (Wildman–Crippen MR) is 80.5 cm³/mol. The van der Waals surface area contributed by atoms with Crippen LogP contribution in [0.1, 0.15) is 32.6 Å². The summed E-state index contributed by atoms with van der Waals surface area (Å²) in [5, 5.41) is 12.3. The molecule has 0 aromatic rings. The van der Waals surface area contributed by atoms with Crippen LogP contribution in [0.2, 0.25) is 0 Å². The number of rotatable bonds is 5. The Labute approximate surface area is 127 Å². The number of carbonyl (C=O) groups excluding carboxylic acids is 1. The van der Waals surface area contributed by atoms with Crippen molar-refractivity contribution >= 4 is 22.8 Å². The number of carboxylic acids is 1. The molecule has 1 aliphatic heterocycles. The molecule has 2 fully saturated rings. The zero-order valence-corrected chi connectivity index (χ0v) is 13.4. The molecule has 2 amide bonds. The van der Waals surface area contributed by atoms with Crippen LogP contribution in [0, 0.1) is 11.8 Å². The second-order valence-corrected chi connectivity index (χ2v) is 7.76. The number of carbonyl (C=O) groups is 2. The van der Waals surface area contributed by atoms with Crippen molar-refractivity contribution in [2.45, 2.75) is 44.7 Å². The molecule has 0 aromatic carbocycles. The van der Waals surface area contributed by atoms with Crippen molar-refractivity contribution in [2.24, 2.45) is 11.8 Å². The van der Waals surface area contributed by atoms with Crippen LogP contribution >= 0.6 is 0 Å². The summed E-state index contributed by atoms with van der Waals surface area (Å²) in [5.41, 5.74) is 0. The molecule has 7 heteroatoms. The van der Waals surface area contributed by atoms with E-state index < -0.39 is 22.8 Å². The number of hydrogen-bond donors (Lipinski definition) is 2. The third-order valence-corrected chi connectivity index (χ3v) is 5.42. The molecule has 1 heterocycles. The van der Waals surface area contributed by atoms with Crippen LogP contribution in [0.4, 0.5) is 4.79 Å². The Morgan fingerprint density at radius 1 is 1.43 bits per heavy atom. The van der Waals surface area contributed by atoms with E-state index in [9.17, 15) is 18.9 Å². The summed E-state index contributed by atoms with van der Waals surface area (Å²) in [6, 6.07) is -1.09. The fraction of sp³-hybridized carbons (Fsp3) is 0.857. The molecule has 2 aliphatic rings. The Morgan fingerprint density at radius 2 is 2.14 bits per heavy atom. The minimum Gasteiger partial charge on any atom is -0.480 e. The van der Waals surface area contributed by atoms with Gasteiger partial charge in [-0.1, -0.05) is 6.42 Å². The van der Waals surface area contributed by atoms with Crippen LogP contribution in [-0.4, -0.2) is 56.9 Å². The number of amides is 2. The van der Waals surface area contributed by atoms with E-state index in [4.69, 9.17) is 0 Å². The van der Waals surface area contributed by atoms with Gasteiger partial charge in [0.2, 0.25) is 0 Å². The van der Waals surface area contributed by atoms with Gasteiger partial charge in [0.1, 0.15) is 6.04 Å². The Morgan fingerprint density at radius 3 is 2.76 bits per heavy atom. The van der Waals surface area contributed by atoms with Crippen LogP contribution in [0.25, 0.3) is 0 Å². The van der Waals surface area contributed by atoms with Gasteiger partial charge in [-0.05, 0) is 38.0 Å². The highest BCUT2D eigenvalue weighted by atomic mass is 32.2. The molecule has 0 spiro atoms. The van der Waals surface area contributed by atoms with Gasteiger partial charge in [0.25, 0.3) is 0 Å². The molecule has 2 N–H and O–H groups in total. The number of aliphatic carboxylic acids is 1. The summed E-state index contributed by atoms with van der Waals surface area (Å²) in [7, 11) is -0.880. The highest BCUT2D eigenvalue weighted by Gasteiger charge is 2.49. The van der Waals surface area contributed by atoms with E-state index in [0.717, 1.165) is 19.3 Å². The van der Waals surface area contributed by atoms with Crippen molar-refractivity contribution in [1.82, 2.24) is 10.2 Å². The van der Waals surface area contributed by atoms with Crippen molar-refractivity contribution in [1.29, 1.82) is 0 Å². The predicted octanol–water partition coefficient (Wildman–Crippen LogP) is 1.04. The van der Waals surface area contributed by atoms with Gasteiger partial charge >= 0.3 is 12.0 Å². The fourth-order valence-electron chi connectivity index (χ4n) is 3.54. The quantitative estimate of drug-likeness (QED) is 0.793. The van der Waals surface area contributed by atoms with Gasteiger partial charge in [0.05, 0.1) is 0 Å². The van der Waals surface area contributed by atoms with E-state index in [-0.39, 0.29) is 18.0 Å². The molecule has 1 saturated heterocycles. The van der Waals surface area contributed by atoms with E-state index in [2.05, 4.69) is 5.32 Å². The lowest BCUT2D eigenvalue weighted by Crippen LogP contribution is -2.50. The van der Waals surface area contributed by atoms with Crippen LogP contribution < -0.4 is 5.32 Å². The van der Waals surface area contributed by atoms with Gasteiger partial charge < -0.3 is 15.3 Å². The van der Waals surface area contributed by atoms with Gasteiger partial charge in [-0.25, -0.2) is 9.59 Å². The summed E-state index contributed by atoms with van der Waals surface area (Å²) in [4.78, 5) is 25.3. The van der Waals surface area contributed by atoms with E-state index in [1.807, 2.05) is 6.92 Å². The maximum atomic E-state index is 12.3. The van der Waals surface area contributed by atoms with E-state index in [1.54, 1.807) is 6.26 Å². The molecule has 0 radical (unpaired) electrons. The third-order valence-electron chi connectivity index (χ3n) is 4.61. The standard InChI is InChI=1S/C14H24N2O4S/c1-9(6-7-21(2)20)15-14(19)16-8-10-4-3-5-11(10)12(16)13(17)18/h9-12H,3-8H2,1-2H3,(H,15,19)(H,17,18). The molecule has 120 valence electrons. The first-order chi connectivity index (χ1) is 9.90. The van der Waals surface area contributed by atoms with Crippen molar-refractivity contribution in [3.8, 4) is 0 Å². The van der Waals surface area contributed by atoms with Crippen molar-refractivity contribution in [3.05, 3.63) is 0 Å². The van der Waals surface area contributed by atoms with E-state index in [1.165, 1.54) is 4.90 Å². The maximum absolute atomic E-state index is 12.3. The lowest BCUT2D eigenvalue weighted by atomic mass is 9.94.